The van der Waals surface area contributed by atoms with Gasteiger partial charge in [0.2, 0.25) is 11.8 Å². The number of alkyl carbamates (subject to hydrolysis) is 1. The summed E-state index contributed by atoms with van der Waals surface area (Å²) < 4.78 is 5.31. The van der Waals surface area contributed by atoms with Gasteiger partial charge < -0.3 is 31.1 Å². The number of phenols is 1. The molecule has 0 aromatic heterocycles. The summed E-state index contributed by atoms with van der Waals surface area (Å²) in [5.41, 5.74) is 7.08. The van der Waals surface area contributed by atoms with Gasteiger partial charge in [-0.1, -0.05) is 36.4 Å². The van der Waals surface area contributed by atoms with Crippen molar-refractivity contribution in [3.8, 4) is 5.75 Å². The molecule has 39 heavy (non-hydrogen) atoms. The first-order chi connectivity index (χ1) is 18.3. The molecule has 1 aliphatic rings. The van der Waals surface area contributed by atoms with Crippen molar-refractivity contribution in [2.45, 2.75) is 84.0 Å². The minimum Gasteiger partial charge on any atom is -0.508 e. The number of para-hydroxylation sites is 2. The molecule has 2 atom stereocenters. The summed E-state index contributed by atoms with van der Waals surface area (Å²) in [5.74, 6) is -2.18. The van der Waals surface area contributed by atoms with Crippen LogP contribution in [0.1, 0.15) is 69.2 Å². The fourth-order valence-electron chi connectivity index (χ4n) is 4.55. The Morgan fingerprint density at radius 1 is 1.05 bits per heavy atom. The molecule has 3 rings (SSSR count). The van der Waals surface area contributed by atoms with Gasteiger partial charge in [0.1, 0.15) is 23.4 Å². The van der Waals surface area contributed by atoms with Gasteiger partial charge in [0, 0.05) is 17.3 Å². The molecule has 4 amide bonds. The van der Waals surface area contributed by atoms with Crippen molar-refractivity contribution < 1.29 is 29.0 Å². The Morgan fingerprint density at radius 2 is 1.67 bits per heavy atom. The molecule has 1 saturated carbocycles. The van der Waals surface area contributed by atoms with E-state index in [-0.39, 0.29) is 17.4 Å². The fraction of sp³-hybridized carbons (Fsp3) is 0.448. The SMILES string of the molecule is Cc1cccc(C)c1NC(=O)C(c1ccccc1O)N(C(=O)C(CC(N)=O)NC(=O)OC(C)(C)C)C1CCC1. The van der Waals surface area contributed by atoms with E-state index < -0.39 is 47.9 Å². The van der Waals surface area contributed by atoms with E-state index in [0.717, 1.165) is 17.5 Å². The second-order valence-electron chi connectivity index (χ2n) is 10.9. The number of nitrogens with zero attached hydrogens (tertiary/aromatic N) is 1. The predicted molar refractivity (Wildman–Crippen MR) is 147 cm³/mol. The zero-order valence-electron chi connectivity index (χ0n) is 23.1. The Morgan fingerprint density at radius 3 is 2.18 bits per heavy atom. The summed E-state index contributed by atoms with van der Waals surface area (Å²) in [6, 6.07) is 8.92. The zero-order valence-corrected chi connectivity index (χ0v) is 23.1. The third-order valence-electron chi connectivity index (χ3n) is 6.60. The molecule has 2 aromatic carbocycles. The third-order valence-corrected chi connectivity index (χ3v) is 6.60. The summed E-state index contributed by atoms with van der Waals surface area (Å²) in [4.78, 5) is 54.0. The normalized spacial score (nSPS) is 14.9. The number of phenolic OH excluding ortho intramolecular Hbond substituents is 1. The molecule has 10 nitrogen and oxygen atoms in total. The summed E-state index contributed by atoms with van der Waals surface area (Å²) in [5, 5.41) is 16.2. The first-order valence-electron chi connectivity index (χ1n) is 13.0. The molecule has 1 aliphatic carbocycles. The lowest BCUT2D eigenvalue weighted by molar-refractivity contribution is -0.146. The average Bonchev–Trinajstić information content (AvgIpc) is 2.78. The highest BCUT2D eigenvalue weighted by Crippen LogP contribution is 2.37. The van der Waals surface area contributed by atoms with Crippen LogP contribution in [0.3, 0.4) is 0 Å². The molecule has 2 unspecified atom stereocenters. The van der Waals surface area contributed by atoms with Crippen molar-refractivity contribution in [1.29, 1.82) is 0 Å². The van der Waals surface area contributed by atoms with Gasteiger partial charge in [-0.15, -0.1) is 0 Å². The monoisotopic (exact) mass is 538 g/mol. The summed E-state index contributed by atoms with van der Waals surface area (Å²) in [6.45, 7) is 8.74. The highest BCUT2D eigenvalue weighted by atomic mass is 16.6. The minimum absolute atomic E-state index is 0.164. The maximum absolute atomic E-state index is 14.1. The van der Waals surface area contributed by atoms with Crippen molar-refractivity contribution in [3.05, 3.63) is 59.2 Å². The van der Waals surface area contributed by atoms with Gasteiger partial charge in [0.15, 0.2) is 0 Å². The Kier molecular flexibility index (Phi) is 9.21. The highest BCUT2D eigenvalue weighted by Gasteiger charge is 2.43. The predicted octanol–water partition coefficient (Wildman–Crippen LogP) is 3.84. The smallest absolute Gasteiger partial charge is 0.408 e. The van der Waals surface area contributed by atoms with E-state index in [0.29, 0.717) is 18.5 Å². The number of aryl methyl sites for hydroxylation is 2. The van der Waals surface area contributed by atoms with Gasteiger partial charge in [-0.05, 0) is 71.1 Å². The molecule has 10 heteroatoms. The summed E-state index contributed by atoms with van der Waals surface area (Å²) in [7, 11) is 0. The molecule has 0 heterocycles. The molecule has 0 bridgehead atoms. The van der Waals surface area contributed by atoms with Crippen molar-refractivity contribution in [2.24, 2.45) is 5.73 Å². The van der Waals surface area contributed by atoms with Crippen LogP contribution in [0.2, 0.25) is 0 Å². The molecule has 2 aromatic rings. The minimum atomic E-state index is -1.38. The Labute approximate surface area is 228 Å². The number of amides is 4. The van der Waals surface area contributed by atoms with E-state index in [1.165, 1.54) is 11.0 Å². The summed E-state index contributed by atoms with van der Waals surface area (Å²) >= 11 is 0. The Hall–Kier alpha value is -4.08. The lowest BCUT2D eigenvalue weighted by Crippen LogP contribution is -2.57. The first kappa shape index (κ1) is 29.5. The highest BCUT2D eigenvalue weighted by molar-refractivity contribution is 6.01. The van der Waals surface area contributed by atoms with E-state index in [1.54, 1.807) is 39.0 Å². The van der Waals surface area contributed by atoms with Gasteiger partial charge in [0.25, 0.3) is 5.91 Å². The molecule has 0 spiro atoms. The van der Waals surface area contributed by atoms with Crippen molar-refractivity contribution in [2.75, 3.05) is 5.32 Å². The van der Waals surface area contributed by atoms with Crippen LogP contribution in [-0.4, -0.2) is 51.5 Å². The molecule has 5 N–H and O–H groups in total. The number of carbonyl (C=O) groups is 4. The van der Waals surface area contributed by atoms with Crippen LogP contribution < -0.4 is 16.4 Å². The number of nitrogens with two attached hydrogens (primary N) is 1. The van der Waals surface area contributed by atoms with Crippen LogP contribution >= 0.6 is 0 Å². The van der Waals surface area contributed by atoms with Crippen LogP contribution in [0.4, 0.5) is 10.5 Å². The van der Waals surface area contributed by atoms with E-state index in [2.05, 4.69) is 10.6 Å². The van der Waals surface area contributed by atoms with Gasteiger partial charge in [-0.25, -0.2) is 4.79 Å². The Balaban J connectivity index is 2.07. The summed E-state index contributed by atoms with van der Waals surface area (Å²) in [6.07, 6.45) is 0.674. The number of hydrogen-bond donors (Lipinski definition) is 4. The largest absolute Gasteiger partial charge is 0.508 e. The number of benzene rings is 2. The van der Waals surface area contributed by atoms with Gasteiger partial charge in [-0.3, -0.25) is 14.4 Å². The number of primary amides is 1. The van der Waals surface area contributed by atoms with Crippen LogP contribution in [0.5, 0.6) is 5.75 Å². The number of anilines is 1. The number of ether oxygens (including phenoxy) is 1. The first-order valence-corrected chi connectivity index (χ1v) is 13.0. The van der Waals surface area contributed by atoms with Gasteiger partial charge in [0.05, 0.1) is 6.42 Å². The number of rotatable bonds is 9. The second kappa shape index (κ2) is 12.2. The molecule has 1 fully saturated rings. The molecule has 0 saturated heterocycles. The maximum Gasteiger partial charge on any atom is 0.408 e. The van der Waals surface area contributed by atoms with E-state index in [4.69, 9.17) is 10.5 Å². The number of hydrogen-bond acceptors (Lipinski definition) is 6. The van der Waals surface area contributed by atoms with Crippen molar-refractivity contribution >= 4 is 29.5 Å². The van der Waals surface area contributed by atoms with Crippen molar-refractivity contribution in [3.63, 3.8) is 0 Å². The lowest BCUT2D eigenvalue weighted by Gasteiger charge is -2.43. The Bertz CT molecular complexity index is 1210. The quantitative estimate of drug-likeness (QED) is 0.381. The number of carbonyl (C=O) groups excluding carboxylic acids is 4. The topological polar surface area (TPSA) is 151 Å². The van der Waals surface area contributed by atoms with Gasteiger partial charge in [-0.2, -0.15) is 0 Å². The average molecular weight is 539 g/mol. The van der Waals surface area contributed by atoms with Crippen LogP contribution in [0.25, 0.3) is 0 Å². The zero-order chi connectivity index (χ0) is 28.9. The number of nitrogens with one attached hydrogen (secondary N) is 2. The standard InChI is InChI=1S/C29H38N4O6/c1-17-10-8-11-18(2)24(17)32-26(36)25(20-14-6-7-15-22(20)34)33(19-12-9-13-19)27(37)21(16-23(30)35)31-28(38)39-29(3,4)5/h6-8,10-11,14-15,19,21,25,34H,9,12-13,16H2,1-5H3,(H2,30,35)(H,31,38)(H,32,36). The molecular weight excluding hydrogens is 500 g/mol. The van der Waals surface area contributed by atoms with Crippen LogP contribution in [-0.2, 0) is 19.1 Å². The second-order valence-corrected chi connectivity index (χ2v) is 10.9. The van der Waals surface area contributed by atoms with Crippen molar-refractivity contribution in [1.82, 2.24) is 10.2 Å². The third kappa shape index (κ3) is 7.49. The number of aromatic hydroxyl groups is 1. The molecule has 0 aliphatic heterocycles. The van der Waals surface area contributed by atoms with E-state index >= 15 is 0 Å². The maximum atomic E-state index is 14.1. The van der Waals surface area contributed by atoms with Gasteiger partial charge >= 0.3 is 6.09 Å². The van der Waals surface area contributed by atoms with E-state index in [9.17, 15) is 24.3 Å². The molecule has 210 valence electrons. The van der Waals surface area contributed by atoms with E-state index in [1.807, 2.05) is 32.0 Å². The molecule has 0 radical (unpaired) electrons. The van der Waals surface area contributed by atoms with Crippen LogP contribution in [0, 0.1) is 13.8 Å². The van der Waals surface area contributed by atoms with Crippen LogP contribution in [0.15, 0.2) is 42.5 Å². The molecular formula is C29H38N4O6. The lowest BCUT2D eigenvalue weighted by atomic mass is 9.87. The fourth-order valence-corrected chi connectivity index (χ4v) is 4.55.